The van der Waals surface area contributed by atoms with Gasteiger partial charge in [-0.1, -0.05) is 24.6 Å². The number of hydrogen-bond acceptors (Lipinski definition) is 2. The lowest BCUT2D eigenvalue weighted by Crippen LogP contribution is -2.02. The molecule has 2 nitrogen and oxygen atoms in total. The van der Waals surface area contributed by atoms with E-state index in [0.717, 1.165) is 12.2 Å². The quantitative estimate of drug-likeness (QED) is 0.781. The fourth-order valence-corrected chi connectivity index (χ4v) is 1.84. The standard InChI is InChI=1S/C14H12ClFO2/c1-2-10-4-6-14(18-10)13(17)8-9-3-5-12(16)11(15)7-9/h3-7H,2,8H2,1H3. The summed E-state index contributed by atoms with van der Waals surface area (Å²) in [7, 11) is 0. The van der Waals surface area contributed by atoms with Gasteiger partial charge in [-0.05, 0) is 29.8 Å². The molecule has 0 N–H and O–H groups in total. The summed E-state index contributed by atoms with van der Waals surface area (Å²) < 4.78 is 18.3. The third-order valence-electron chi connectivity index (χ3n) is 2.63. The Hall–Kier alpha value is -1.61. The van der Waals surface area contributed by atoms with Crippen LogP contribution >= 0.6 is 11.6 Å². The molecule has 0 atom stereocenters. The molecule has 0 fully saturated rings. The Morgan fingerprint density at radius 2 is 2.11 bits per heavy atom. The largest absolute Gasteiger partial charge is 0.458 e. The van der Waals surface area contributed by atoms with Gasteiger partial charge in [0.15, 0.2) is 5.76 Å². The molecule has 0 bridgehead atoms. The summed E-state index contributed by atoms with van der Waals surface area (Å²) in [5, 5.41) is 0.0222. The van der Waals surface area contributed by atoms with Crippen molar-refractivity contribution in [2.45, 2.75) is 19.8 Å². The summed E-state index contributed by atoms with van der Waals surface area (Å²) in [6.45, 7) is 1.95. The number of Topliss-reactive ketones (excluding diaryl/α,β-unsaturated/α-hetero) is 1. The highest BCUT2D eigenvalue weighted by atomic mass is 35.5. The Morgan fingerprint density at radius 1 is 1.33 bits per heavy atom. The predicted octanol–water partition coefficient (Wildman–Crippen LogP) is 4.06. The fourth-order valence-electron chi connectivity index (χ4n) is 1.64. The molecule has 0 aliphatic heterocycles. The maximum absolute atomic E-state index is 13.0. The number of rotatable bonds is 4. The zero-order chi connectivity index (χ0) is 13.1. The molecule has 18 heavy (non-hydrogen) atoms. The lowest BCUT2D eigenvalue weighted by Gasteiger charge is -2.00. The maximum Gasteiger partial charge on any atom is 0.202 e. The number of carbonyl (C=O) groups is 1. The van der Waals surface area contributed by atoms with Gasteiger partial charge in [0, 0.05) is 12.8 Å². The van der Waals surface area contributed by atoms with Crippen LogP contribution in [0.15, 0.2) is 34.7 Å². The Kier molecular flexibility index (Phi) is 3.82. The maximum atomic E-state index is 13.0. The van der Waals surface area contributed by atoms with Gasteiger partial charge in [-0.25, -0.2) is 4.39 Å². The van der Waals surface area contributed by atoms with Crippen LogP contribution < -0.4 is 0 Å². The number of carbonyl (C=O) groups excluding carboxylic acids is 1. The van der Waals surface area contributed by atoms with Gasteiger partial charge < -0.3 is 4.42 Å². The van der Waals surface area contributed by atoms with Gasteiger partial charge in [-0.2, -0.15) is 0 Å². The van der Waals surface area contributed by atoms with Crippen molar-refractivity contribution in [3.63, 3.8) is 0 Å². The first-order chi connectivity index (χ1) is 8.60. The van der Waals surface area contributed by atoms with Crippen LogP contribution in [0.5, 0.6) is 0 Å². The van der Waals surface area contributed by atoms with Gasteiger partial charge >= 0.3 is 0 Å². The summed E-state index contributed by atoms with van der Waals surface area (Å²) in [5.41, 5.74) is 0.667. The molecular weight excluding hydrogens is 255 g/mol. The summed E-state index contributed by atoms with van der Waals surface area (Å²) in [4.78, 5) is 11.9. The minimum absolute atomic E-state index is 0.0222. The highest BCUT2D eigenvalue weighted by Crippen LogP contribution is 2.18. The van der Waals surface area contributed by atoms with Crippen molar-refractivity contribution in [2.75, 3.05) is 0 Å². The van der Waals surface area contributed by atoms with Gasteiger partial charge in [-0.15, -0.1) is 0 Å². The number of aryl methyl sites for hydroxylation is 1. The topological polar surface area (TPSA) is 30.2 Å². The first-order valence-electron chi connectivity index (χ1n) is 5.66. The minimum Gasteiger partial charge on any atom is -0.458 e. The molecule has 0 amide bonds. The first kappa shape index (κ1) is 12.8. The smallest absolute Gasteiger partial charge is 0.202 e. The van der Waals surface area contributed by atoms with Gasteiger partial charge in [-0.3, -0.25) is 4.79 Å². The second kappa shape index (κ2) is 5.36. The molecule has 1 aromatic heterocycles. The zero-order valence-corrected chi connectivity index (χ0v) is 10.6. The van der Waals surface area contributed by atoms with E-state index < -0.39 is 5.82 Å². The van der Waals surface area contributed by atoms with E-state index in [1.165, 1.54) is 12.1 Å². The molecule has 94 valence electrons. The van der Waals surface area contributed by atoms with Crippen LogP contribution in [0.3, 0.4) is 0 Å². The van der Waals surface area contributed by atoms with Crippen LogP contribution in [0.4, 0.5) is 4.39 Å². The second-order valence-corrected chi connectivity index (χ2v) is 4.38. The Morgan fingerprint density at radius 3 is 2.72 bits per heavy atom. The van der Waals surface area contributed by atoms with E-state index in [0.29, 0.717) is 11.3 Å². The first-order valence-corrected chi connectivity index (χ1v) is 6.03. The molecule has 1 heterocycles. The van der Waals surface area contributed by atoms with Crippen molar-refractivity contribution in [2.24, 2.45) is 0 Å². The van der Waals surface area contributed by atoms with E-state index >= 15 is 0 Å². The molecule has 0 saturated carbocycles. The third kappa shape index (κ3) is 2.79. The summed E-state index contributed by atoms with van der Waals surface area (Å²) in [5.74, 6) is 0.472. The van der Waals surface area contributed by atoms with E-state index in [1.807, 2.05) is 6.92 Å². The Bertz CT molecular complexity index is 575. The van der Waals surface area contributed by atoms with E-state index in [2.05, 4.69) is 0 Å². The number of ketones is 1. The van der Waals surface area contributed by atoms with Crippen LogP contribution in [-0.4, -0.2) is 5.78 Å². The molecule has 0 spiro atoms. The van der Waals surface area contributed by atoms with Gasteiger partial charge in [0.25, 0.3) is 0 Å². The van der Waals surface area contributed by atoms with Crippen molar-refractivity contribution in [1.29, 1.82) is 0 Å². The highest BCUT2D eigenvalue weighted by molar-refractivity contribution is 6.30. The highest BCUT2D eigenvalue weighted by Gasteiger charge is 2.12. The number of benzene rings is 1. The number of halogens is 2. The Balaban J connectivity index is 2.13. The molecule has 2 rings (SSSR count). The summed E-state index contributed by atoms with van der Waals surface area (Å²) in [6, 6.07) is 7.70. The predicted molar refractivity (Wildman–Crippen MR) is 67.5 cm³/mol. The number of hydrogen-bond donors (Lipinski definition) is 0. The van der Waals surface area contributed by atoms with Crippen molar-refractivity contribution in [3.8, 4) is 0 Å². The number of furan rings is 1. The van der Waals surface area contributed by atoms with Crippen LogP contribution in [0.1, 0.15) is 28.8 Å². The zero-order valence-electron chi connectivity index (χ0n) is 9.87. The second-order valence-electron chi connectivity index (χ2n) is 3.97. The van der Waals surface area contributed by atoms with Crippen LogP contribution in [-0.2, 0) is 12.8 Å². The molecular formula is C14H12ClFO2. The van der Waals surface area contributed by atoms with Crippen molar-refractivity contribution in [3.05, 3.63) is 58.3 Å². The lowest BCUT2D eigenvalue weighted by molar-refractivity contribution is 0.0965. The molecule has 2 aromatic rings. The molecule has 0 unspecified atom stereocenters. The lowest BCUT2D eigenvalue weighted by atomic mass is 10.1. The molecule has 1 aromatic carbocycles. The van der Waals surface area contributed by atoms with E-state index in [9.17, 15) is 9.18 Å². The van der Waals surface area contributed by atoms with E-state index in [-0.39, 0.29) is 17.2 Å². The van der Waals surface area contributed by atoms with Gasteiger partial charge in [0.05, 0.1) is 5.02 Å². The van der Waals surface area contributed by atoms with Crippen LogP contribution in [0.25, 0.3) is 0 Å². The molecule has 0 saturated heterocycles. The normalized spacial score (nSPS) is 10.6. The van der Waals surface area contributed by atoms with Crippen LogP contribution in [0.2, 0.25) is 5.02 Å². The molecule has 0 aliphatic carbocycles. The van der Waals surface area contributed by atoms with E-state index in [4.69, 9.17) is 16.0 Å². The van der Waals surface area contributed by atoms with Crippen molar-refractivity contribution in [1.82, 2.24) is 0 Å². The van der Waals surface area contributed by atoms with Crippen molar-refractivity contribution >= 4 is 17.4 Å². The average Bonchev–Trinajstić information content (AvgIpc) is 2.82. The minimum atomic E-state index is -0.487. The van der Waals surface area contributed by atoms with E-state index in [1.54, 1.807) is 18.2 Å². The van der Waals surface area contributed by atoms with Crippen LogP contribution in [0, 0.1) is 5.82 Å². The third-order valence-corrected chi connectivity index (χ3v) is 2.92. The molecule has 0 radical (unpaired) electrons. The Labute approximate surface area is 109 Å². The van der Waals surface area contributed by atoms with Gasteiger partial charge in [0.2, 0.25) is 5.78 Å². The molecule has 4 heteroatoms. The molecule has 0 aliphatic rings. The fraction of sp³-hybridized carbons (Fsp3) is 0.214. The van der Waals surface area contributed by atoms with Gasteiger partial charge in [0.1, 0.15) is 11.6 Å². The average molecular weight is 267 g/mol. The summed E-state index contributed by atoms with van der Waals surface area (Å²) >= 11 is 5.66. The monoisotopic (exact) mass is 266 g/mol. The summed E-state index contributed by atoms with van der Waals surface area (Å²) in [6.07, 6.45) is 0.895. The van der Waals surface area contributed by atoms with Crippen molar-refractivity contribution < 1.29 is 13.6 Å². The SMILES string of the molecule is CCc1ccc(C(=O)Cc2ccc(F)c(Cl)c2)o1.